The number of rotatable bonds is 7. The molecule has 144 valence electrons. The summed E-state index contributed by atoms with van der Waals surface area (Å²) in [6.07, 6.45) is 0.914. The van der Waals surface area contributed by atoms with Crippen LogP contribution >= 0.6 is 11.3 Å². The first kappa shape index (κ1) is 18.3. The van der Waals surface area contributed by atoms with E-state index < -0.39 is 0 Å². The molecule has 2 aromatic carbocycles. The highest BCUT2D eigenvalue weighted by atomic mass is 32.1. The van der Waals surface area contributed by atoms with Gasteiger partial charge >= 0.3 is 0 Å². The van der Waals surface area contributed by atoms with E-state index in [-0.39, 0.29) is 12.5 Å². The molecule has 0 unspecified atom stereocenters. The maximum absolute atomic E-state index is 12.2. The molecule has 0 saturated heterocycles. The van der Waals surface area contributed by atoms with Crippen LogP contribution in [0, 0.1) is 0 Å². The first-order chi connectivity index (χ1) is 13.7. The molecular weight excluding hydrogens is 376 g/mol. The van der Waals surface area contributed by atoms with Crippen molar-refractivity contribution in [2.24, 2.45) is 0 Å². The van der Waals surface area contributed by atoms with Crippen molar-refractivity contribution in [3.63, 3.8) is 0 Å². The average Bonchev–Trinajstić information content (AvgIpc) is 3.36. The molecule has 0 radical (unpaired) electrons. The van der Waals surface area contributed by atoms with E-state index >= 15 is 0 Å². The molecule has 0 fully saturated rings. The SMILES string of the molecule is CCOc1ccccc1OCC(=O)Nc1nc(-c2ccc3c(c2)CCO3)cs1. The van der Waals surface area contributed by atoms with Gasteiger partial charge in [0.15, 0.2) is 23.2 Å². The topological polar surface area (TPSA) is 69.7 Å². The zero-order valence-corrected chi connectivity index (χ0v) is 16.3. The van der Waals surface area contributed by atoms with E-state index in [1.165, 1.54) is 16.9 Å². The summed E-state index contributed by atoms with van der Waals surface area (Å²) >= 11 is 1.38. The summed E-state index contributed by atoms with van der Waals surface area (Å²) in [6.45, 7) is 3.04. The lowest BCUT2D eigenvalue weighted by Crippen LogP contribution is -2.20. The van der Waals surface area contributed by atoms with E-state index in [0.29, 0.717) is 23.2 Å². The first-order valence-electron chi connectivity index (χ1n) is 9.09. The minimum atomic E-state index is -0.269. The number of anilines is 1. The summed E-state index contributed by atoms with van der Waals surface area (Å²) in [5.74, 6) is 1.83. The Balaban J connectivity index is 1.37. The molecule has 1 aromatic heterocycles. The van der Waals surface area contributed by atoms with Gasteiger partial charge < -0.3 is 14.2 Å². The Hall–Kier alpha value is -3.06. The van der Waals surface area contributed by atoms with Crippen molar-refractivity contribution in [2.45, 2.75) is 13.3 Å². The van der Waals surface area contributed by atoms with Crippen LogP contribution in [0.25, 0.3) is 11.3 Å². The van der Waals surface area contributed by atoms with Crippen LogP contribution in [0.5, 0.6) is 17.2 Å². The number of carbonyl (C=O) groups is 1. The van der Waals surface area contributed by atoms with Crippen LogP contribution in [0.4, 0.5) is 5.13 Å². The fourth-order valence-electron chi connectivity index (χ4n) is 2.95. The number of fused-ring (bicyclic) bond motifs is 1. The van der Waals surface area contributed by atoms with E-state index in [4.69, 9.17) is 14.2 Å². The molecule has 28 heavy (non-hydrogen) atoms. The Morgan fingerprint density at radius 1 is 1.21 bits per heavy atom. The van der Waals surface area contributed by atoms with Crippen molar-refractivity contribution < 1.29 is 19.0 Å². The van der Waals surface area contributed by atoms with Crippen LogP contribution in [-0.2, 0) is 11.2 Å². The monoisotopic (exact) mass is 396 g/mol. The molecule has 1 aliphatic rings. The highest BCUT2D eigenvalue weighted by Crippen LogP contribution is 2.32. The molecule has 0 saturated carbocycles. The second-order valence-electron chi connectivity index (χ2n) is 6.18. The number of thiazole rings is 1. The maximum atomic E-state index is 12.2. The van der Waals surface area contributed by atoms with Crippen LogP contribution < -0.4 is 19.5 Å². The van der Waals surface area contributed by atoms with Crippen LogP contribution in [0.2, 0.25) is 0 Å². The molecule has 1 amide bonds. The van der Waals surface area contributed by atoms with Gasteiger partial charge in [-0.3, -0.25) is 10.1 Å². The minimum Gasteiger partial charge on any atom is -0.493 e. The van der Waals surface area contributed by atoms with E-state index in [0.717, 1.165) is 30.0 Å². The fraction of sp³-hybridized carbons (Fsp3) is 0.238. The Morgan fingerprint density at radius 2 is 2.04 bits per heavy atom. The van der Waals surface area contributed by atoms with Crippen LogP contribution in [0.3, 0.4) is 0 Å². The molecule has 0 bridgehead atoms. The first-order valence-corrected chi connectivity index (χ1v) is 9.97. The molecule has 0 spiro atoms. The number of nitrogens with zero attached hydrogens (tertiary/aromatic N) is 1. The van der Waals surface area contributed by atoms with Crippen molar-refractivity contribution in [2.75, 3.05) is 25.1 Å². The number of carbonyl (C=O) groups excluding carboxylic acids is 1. The van der Waals surface area contributed by atoms with Crippen LogP contribution in [0.15, 0.2) is 47.8 Å². The lowest BCUT2D eigenvalue weighted by Gasteiger charge is -2.10. The molecule has 6 nitrogen and oxygen atoms in total. The Morgan fingerprint density at radius 3 is 2.86 bits per heavy atom. The summed E-state index contributed by atoms with van der Waals surface area (Å²) in [5.41, 5.74) is 3.04. The van der Waals surface area contributed by atoms with Crippen molar-refractivity contribution in [3.8, 4) is 28.5 Å². The average molecular weight is 396 g/mol. The second-order valence-corrected chi connectivity index (χ2v) is 7.03. The minimum absolute atomic E-state index is 0.116. The number of hydrogen-bond acceptors (Lipinski definition) is 6. The predicted molar refractivity (Wildman–Crippen MR) is 108 cm³/mol. The van der Waals surface area contributed by atoms with E-state index in [1.807, 2.05) is 42.6 Å². The van der Waals surface area contributed by atoms with Gasteiger partial charge in [0.05, 0.1) is 18.9 Å². The van der Waals surface area contributed by atoms with E-state index in [1.54, 1.807) is 6.07 Å². The van der Waals surface area contributed by atoms with Crippen LogP contribution in [0.1, 0.15) is 12.5 Å². The Labute approximate surface area is 167 Å². The third-order valence-electron chi connectivity index (χ3n) is 4.24. The highest BCUT2D eigenvalue weighted by Gasteiger charge is 2.15. The normalized spacial score (nSPS) is 12.2. The largest absolute Gasteiger partial charge is 0.493 e. The van der Waals surface area contributed by atoms with Crippen LogP contribution in [-0.4, -0.2) is 30.7 Å². The number of amides is 1. The van der Waals surface area contributed by atoms with E-state index in [9.17, 15) is 4.79 Å². The zero-order chi connectivity index (χ0) is 19.3. The third kappa shape index (κ3) is 4.09. The number of ether oxygens (including phenoxy) is 3. The molecule has 7 heteroatoms. The van der Waals surface area contributed by atoms with Gasteiger partial charge in [-0.2, -0.15) is 0 Å². The van der Waals surface area contributed by atoms with Gasteiger partial charge in [0.2, 0.25) is 0 Å². The molecule has 4 rings (SSSR count). The van der Waals surface area contributed by atoms with Crippen molar-refractivity contribution in [1.82, 2.24) is 4.98 Å². The number of hydrogen-bond donors (Lipinski definition) is 1. The van der Waals surface area contributed by atoms with Crippen molar-refractivity contribution in [1.29, 1.82) is 0 Å². The molecular formula is C21H20N2O4S. The fourth-order valence-corrected chi connectivity index (χ4v) is 3.69. The van der Waals surface area contributed by atoms with E-state index in [2.05, 4.69) is 16.4 Å². The molecule has 1 N–H and O–H groups in total. The Bertz CT molecular complexity index is 986. The Kier molecular flexibility index (Phi) is 5.43. The molecule has 0 atom stereocenters. The summed E-state index contributed by atoms with van der Waals surface area (Å²) in [6, 6.07) is 13.3. The van der Waals surface area contributed by atoms with Gasteiger partial charge in [0.1, 0.15) is 5.75 Å². The maximum Gasteiger partial charge on any atom is 0.264 e. The zero-order valence-electron chi connectivity index (χ0n) is 15.4. The van der Waals surface area contributed by atoms with Gasteiger partial charge in [-0.25, -0.2) is 4.98 Å². The summed E-state index contributed by atoms with van der Waals surface area (Å²) in [7, 11) is 0. The molecule has 2 heterocycles. The number of nitrogens with one attached hydrogen (secondary N) is 1. The van der Waals surface area contributed by atoms with Gasteiger partial charge in [0, 0.05) is 17.4 Å². The lowest BCUT2D eigenvalue weighted by molar-refractivity contribution is -0.118. The predicted octanol–water partition coefficient (Wildman–Crippen LogP) is 4.16. The van der Waals surface area contributed by atoms with Crippen molar-refractivity contribution >= 4 is 22.4 Å². The number of benzene rings is 2. The summed E-state index contributed by atoms with van der Waals surface area (Å²) in [5, 5.41) is 5.25. The quantitative estimate of drug-likeness (QED) is 0.649. The van der Waals surface area contributed by atoms with Gasteiger partial charge in [-0.05, 0) is 42.8 Å². The molecule has 1 aliphatic heterocycles. The lowest BCUT2D eigenvalue weighted by atomic mass is 10.1. The van der Waals surface area contributed by atoms with Gasteiger partial charge in [0.25, 0.3) is 5.91 Å². The van der Waals surface area contributed by atoms with Crippen molar-refractivity contribution in [3.05, 3.63) is 53.4 Å². The van der Waals surface area contributed by atoms with Gasteiger partial charge in [-0.1, -0.05) is 12.1 Å². The third-order valence-corrected chi connectivity index (χ3v) is 5.00. The standard InChI is InChI=1S/C21H20N2O4S/c1-2-25-18-5-3-4-6-19(18)27-12-20(24)23-21-22-16(13-28-21)14-7-8-17-15(11-14)9-10-26-17/h3-8,11,13H,2,9-10,12H2,1H3,(H,22,23,24). The molecule has 3 aromatic rings. The number of aromatic nitrogens is 1. The second kappa shape index (κ2) is 8.31. The molecule has 0 aliphatic carbocycles. The summed E-state index contributed by atoms with van der Waals surface area (Å²) < 4.78 is 16.6. The number of para-hydroxylation sites is 2. The summed E-state index contributed by atoms with van der Waals surface area (Å²) in [4.78, 5) is 16.7. The highest BCUT2D eigenvalue weighted by molar-refractivity contribution is 7.14. The van der Waals surface area contributed by atoms with Gasteiger partial charge in [-0.15, -0.1) is 11.3 Å². The smallest absolute Gasteiger partial charge is 0.264 e.